The van der Waals surface area contributed by atoms with E-state index < -0.39 is 5.92 Å². The van der Waals surface area contributed by atoms with Gasteiger partial charge < -0.3 is 19.1 Å². The lowest BCUT2D eigenvalue weighted by Gasteiger charge is -2.49. The van der Waals surface area contributed by atoms with Crippen LogP contribution in [0.3, 0.4) is 0 Å². The van der Waals surface area contributed by atoms with E-state index in [0.717, 1.165) is 59.5 Å². The molecule has 0 bridgehead atoms. The smallest absolute Gasteiger partial charge is 0.162 e. The van der Waals surface area contributed by atoms with E-state index in [-0.39, 0.29) is 22.4 Å². The molecular formula is C38H49NO5. The van der Waals surface area contributed by atoms with Crippen molar-refractivity contribution in [2.24, 2.45) is 10.8 Å². The van der Waals surface area contributed by atoms with Crippen LogP contribution in [-0.4, -0.2) is 43.3 Å². The van der Waals surface area contributed by atoms with Gasteiger partial charge in [0, 0.05) is 61.6 Å². The van der Waals surface area contributed by atoms with Gasteiger partial charge in [-0.3, -0.25) is 9.59 Å². The fourth-order valence-corrected chi connectivity index (χ4v) is 7.42. The Morgan fingerprint density at radius 1 is 0.795 bits per heavy atom. The highest BCUT2D eigenvalue weighted by Crippen LogP contribution is 2.55. The first kappa shape index (κ1) is 32.0. The molecule has 0 aromatic heterocycles. The lowest BCUT2D eigenvalue weighted by molar-refractivity contribution is -0.119. The standard InChI is InChI=1S/C38H49NO5/c1-9-43-33-18-27(11-12-32(33)44-23-26-16-24(2)15-25(3)17-26)34-35-28(19-37(4,5)21-30(35)40)39(13-10-14-42-8)29-20-38(6,7)22-31(41)36(29)34/h11-12,15-18,34H,9-10,13-14,19-23H2,1-8H3. The molecule has 0 spiro atoms. The van der Waals surface area contributed by atoms with Crippen LogP contribution >= 0.6 is 0 Å². The highest BCUT2D eigenvalue weighted by molar-refractivity contribution is 6.06. The lowest BCUT2D eigenvalue weighted by Crippen LogP contribution is -2.44. The van der Waals surface area contributed by atoms with Crippen molar-refractivity contribution in [1.29, 1.82) is 0 Å². The van der Waals surface area contributed by atoms with Gasteiger partial charge in [-0.05, 0) is 74.1 Å². The average Bonchev–Trinajstić information content (AvgIpc) is 2.91. The van der Waals surface area contributed by atoms with E-state index in [1.807, 2.05) is 25.1 Å². The first-order valence-electron chi connectivity index (χ1n) is 16.1. The quantitative estimate of drug-likeness (QED) is 0.258. The zero-order valence-electron chi connectivity index (χ0n) is 27.9. The topological polar surface area (TPSA) is 65.1 Å². The number of rotatable bonds is 10. The Morgan fingerprint density at radius 2 is 1.39 bits per heavy atom. The van der Waals surface area contributed by atoms with Crippen LogP contribution in [-0.2, 0) is 20.9 Å². The van der Waals surface area contributed by atoms with E-state index >= 15 is 0 Å². The summed E-state index contributed by atoms with van der Waals surface area (Å²) in [6.45, 7) is 17.1. The van der Waals surface area contributed by atoms with Crippen molar-refractivity contribution >= 4 is 11.6 Å². The number of ketones is 2. The van der Waals surface area contributed by atoms with E-state index in [4.69, 9.17) is 14.2 Å². The molecule has 0 amide bonds. The molecule has 6 heteroatoms. The Labute approximate surface area is 263 Å². The van der Waals surface area contributed by atoms with Crippen molar-refractivity contribution in [1.82, 2.24) is 4.90 Å². The highest BCUT2D eigenvalue weighted by atomic mass is 16.5. The van der Waals surface area contributed by atoms with Crippen molar-refractivity contribution in [3.05, 3.63) is 81.2 Å². The number of hydrogen-bond acceptors (Lipinski definition) is 6. The van der Waals surface area contributed by atoms with Gasteiger partial charge in [0.05, 0.1) is 6.61 Å². The van der Waals surface area contributed by atoms with E-state index in [0.29, 0.717) is 44.2 Å². The van der Waals surface area contributed by atoms with Gasteiger partial charge in [-0.1, -0.05) is 63.1 Å². The van der Waals surface area contributed by atoms with E-state index in [9.17, 15) is 9.59 Å². The zero-order chi connectivity index (χ0) is 31.8. The zero-order valence-corrected chi connectivity index (χ0v) is 27.9. The summed E-state index contributed by atoms with van der Waals surface area (Å²) in [6.07, 6.45) is 3.33. The number of ether oxygens (including phenoxy) is 3. The van der Waals surface area contributed by atoms with Crippen LogP contribution in [0.25, 0.3) is 0 Å². The molecule has 1 heterocycles. The van der Waals surface area contributed by atoms with Crippen molar-refractivity contribution in [2.45, 2.75) is 93.1 Å². The molecule has 44 heavy (non-hydrogen) atoms. The molecule has 2 aliphatic carbocycles. The maximum atomic E-state index is 14.1. The number of nitrogens with zero attached hydrogens (tertiary/aromatic N) is 1. The third kappa shape index (κ3) is 6.66. The van der Waals surface area contributed by atoms with Gasteiger partial charge in [0.25, 0.3) is 0 Å². The summed E-state index contributed by atoms with van der Waals surface area (Å²) in [5.74, 6) is 1.14. The molecule has 0 fully saturated rings. The second-order valence-corrected chi connectivity index (χ2v) is 14.5. The fourth-order valence-electron chi connectivity index (χ4n) is 7.42. The van der Waals surface area contributed by atoms with Crippen LogP contribution in [0.5, 0.6) is 11.5 Å². The summed E-state index contributed by atoms with van der Waals surface area (Å²) in [7, 11) is 1.72. The number of carbonyl (C=O) groups is 2. The maximum absolute atomic E-state index is 14.1. The third-order valence-electron chi connectivity index (χ3n) is 9.03. The van der Waals surface area contributed by atoms with Gasteiger partial charge in [-0.25, -0.2) is 0 Å². The summed E-state index contributed by atoms with van der Waals surface area (Å²) < 4.78 is 17.8. The van der Waals surface area contributed by atoms with Crippen LogP contribution in [0.2, 0.25) is 0 Å². The van der Waals surface area contributed by atoms with Gasteiger partial charge in [-0.15, -0.1) is 0 Å². The monoisotopic (exact) mass is 599 g/mol. The SMILES string of the molecule is CCOc1cc(C2C3=C(CC(C)(C)CC3=O)N(CCCOC)C3=C2C(=O)CC(C)(C)C3)ccc1OCc1cc(C)cc(C)c1. The second-order valence-electron chi connectivity index (χ2n) is 14.5. The van der Waals surface area contributed by atoms with Crippen molar-refractivity contribution < 1.29 is 23.8 Å². The Hall–Kier alpha value is -3.38. The highest BCUT2D eigenvalue weighted by Gasteiger charge is 2.49. The Morgan fingerprint density at radius 3 is 1.93 bits per heavy atom. The number of allylic oxidation sites excluding steroid dienone is 4. The van der Waals surface area contributed by atoms with Crippen molar-refractivity contribution in [3.8, 4) is 11.5 Å². The van der Waals surface area contributed by atoms with Gasteiger partial charge in [0.15, 0.2) is 23.1 Å². The normalized spacial score (nSPS) is 19.7. The summed E-state index contributed by atoms with van der Waals surface area (Å²) >= 11 is 0. The number of methoxy groups -OCH3 is 1. The van der Waals surface area contributed by atoms with Crippen LogP contribution in [0.4, 0.5) is 0 Å². The molecule has 3 aliphatic rings. The van der Waals surface area contributed by atoms with E-state index in [2.05, 4.69) is 64.6 Å². The molecule has 1 aliphatic heterocycles. The number of hydrogen-bond donors (Lipinski definition) is 0. The minimum absolute atomic E-state index is 0.135. The Kier molecular flexibility index (Phi) is 9.13. The average molecular weight is 600 g/mol. The van der Waals surface area contributed by atoms with Crippen LogP contribution in [0.1, 0.15) is 94.9 Å². The maximum Gasteiger partial charge on any atom is 0.162 e. The predicted octanol–water partition coefficient (Wildman–Crippen LogP) is 8.00. The molecule has 6 nitrogen and oxygen atoms in total. The first-order valence-corrected chi connectivity index (χ1v) is 16.1. The Bertz CT molecular complexity index is 1440. The van der Waals surface area contributed by atoms with Crippen LogP contribution in [0.15, 0.2) is 58.9 Å². The summed E-state index contributed by atoms with van der Waals surface area (Å²) in [6, 6.07) is 12.4. The summed E-state index contributed by atoms with van der Waals surface area (Å²) in [5.41, 5.74) is 7.80. The molecule has 0 saturated carbocycles. The number of Topliss-reactive ketones (excluding diaryl/α,β-unsaturated/α-hetero) is 2. The molecule has 0 saturated heterocycles. The predicted molar refractivity (Wildman–Crippen MR) is 174 cm³/mol. The lowest BCUT2D eigenvalue weighted by atomic mass is 9.63. The van der Waals surface area contributed by atoms with Crippen molar-refractivity contribution in [3.63, 3.8) is 0 Å². The second kappa shape index (κ2) is 12.5. The molecule has 0 N–H and O–H groups in total. The molecule has 5 rings (SSSR count). The van der Waals surface area contributed by atoms with Crippen LogP contribution in [0, 0.1) is 24.7 Å². The third-order valence-corrected chi connectivity index (χ3v) is 9.03. The molecule has 0 atom stereocenters. The summed E-state index contributed by atoms with van der Waals surface area (Å²) in [5, 5.41) is 0. The number of carbonyl (C=O) groups excluding carboxylic acids is 2. The van der Waals surface area contributed by atoms with Gasteiger partial charge in [0.1, 0.15) is 6.61 Å². The number of aryl methyl sites for hydroxylation is 2. The Balaban J connectivity index is 1.61. The van der Waals surface area contributed by atoms with E-state index in [1.165, 1.54) is 11.1 Å². The molecular weight excluding hydrogens is 550 g/mol. The molecule has 2 aromatic carbocycles. The summed E-state index contributed by atoms with van der Waals surface area (Å²) in [4.78, 5) is 30.5. The number of benzene rings is 2. The molecule has 0 unspecified atom stereocenters. The first-order chi connectivity index (χ1) is 20.8. The minimum Gasteiger partial charge on any atom is -0.490 e. The van der Waals surface area contributed by atoms with E-state index in [1.54, 1.807) is 7.11 Å². The fraction of sp³-hybridized carbons (Fsp3) is 0.526. The largest absolute Gasteiger partial charge is 0.490 e. The van der Waals surface area contributed by atoms with Gasteiger partial charge in [-0.2, -0.15) is 0 Å². The molecule has 2 aromatic rings. The molecule has 236 valence electrons. The van der Waals surface area contributed by atoms with Crippen molar-refractivity contribution in [2.75, 3.05) is 26.9 Å². The van der Waals surface area contributed by atoms with Gasteiger partial charge in [0.2, 0.25) is 0 Å². The van der Waals surface area contributed by atoms with Gasteiger partial charge >= 0.3 is 0 Å². The molecule has 0 radical (unpaired) electrons. The minimum atomic E-state index is -0.418. The van der Waals surface area contributed by atoms with Crippen LogP contribution < -0.4 is 9.47 Å².